The number of nitrogens with one attached hydrogen (secondary N) is 1. The van der Waals surface area contributed by atoms with Crippen LogP contribution in [0.25, 0.3) is 0 Å². The van der Waals surface area contributed by atoms with Crippen molar-refractivity contribution < 1.29 is 14.7 Å². The van der Waals surface area contributed by atoms with Gasteiger partial charge in [-0.05, 0) is 43.5 Å². The van der Waals surface area contributed by atoms with Crippen molar-refractivity contribution in [3.05, 3.63) is 26.9 Å². The summed E-state index contributed by atoms with van der Waals surface area (Å²) in [6, 6.07) is 0.817. The number of hydrogen-bond donors (Lipinski definition) is 2. The van der Waals surface area contributed by atoms with E-state index in [4.69, 9.17) is 5.11 Å². The minimum Gasteiger partial charge on any atom is -0.480 e. The van der Waals surface area contributed by atoms with Gasteiger partial charge in [0.1, 0.15) is 10.6 Å². The summed E-state index contributed by atoms with van der Waals surface area (Å²) >= 11 is 6.50. The summed E-state index contributed by atoms with van der Waals surface area (Å²) in [5.41, 5.74) is 0.723. The number of carboxylic acid groups (broad SMARTS) is 1. The Bertz CT molecular complexity index is 451. The van der Waals surface area contributed by atoms with E-state index in [1.165, 1.54) is 6.92 Å². The molecule has 0 aliphatic heterocycles. The number of carbonyl (C=O) groups is 2. The number of pyridine rings is 1. The minimum absolute atomic E-state index is 0.188. The summed E-state index contributed by atoms with van der Waals surface area (Å²) in [5.74, 6) is -1.44. The second-order valence-electron chi connectivity index (χ2n) is 3.41. The minimum atomic E-state index is -1.07. The van der Waals surface area contributed by atoms with Crippen LogP contribution in [0.15, 0.2) is 21.3 Å². The third-order valence-corrected chi connectivity index (χ3v) is 3.74. The maximum absolute atomic E-state index is 10.9. The Morgan fingerprint density at radius 1 is 1.53 bits per heavy atom. The molecule has 2 N–H and O–H groups in total. The molecule has 1 atom stereocenters. The van der Waals surface area contributed by atoms with Gasteiger partial charge in [-0.2, -0.15) is 0 Å². The quantitative estimate of drug-likeness (QED) is 0.796. The lowest BCUT2D eigenvalue weighted by Gasteiger charge is -2.13. The molecule has 1 amide bonds. The summed E-state index contributed by atoms with van der Waals surface area (Å²) in [7, 11) is 0. The van der Waals surface area contributed by atoms with Gasteiger partial charge in [0.15, 0.2) is 0 Å². The second kappa shape index (κ2) is 6.11. The summed E-state index contributed by atoms with van der Waals surface area (Å²) in [6.45, 7) is 1.28. The molecule has 1 aromatic rings. The van der Waals surface area contributed by atoms with E-state index in [1.807, 2.05) is 0 Å². The van der Waals surface area contributed by atoms with Crippen LogP contribution in [0.4, 0.5) is 0 Å². The number of aliphatic carboxylic acids is 1. The van der Waals surface area contributed by atoms with Crippen LogP contribution in [0, 0.1) is 0 Å². The SMILES string of the molecule is CC(=O)NC(Cc1cnc(Br)c(Br)c1)C(=O)O. The van der Waals surface area contributed by atoms with Crippen LogP contribution in [-0.4, -0.2) is 28.0 Å². The van der Waals surface area contributed by atoms with Gasteiger partial charge < -0.3 is 10.4 Å². The summed E-state index contributed by atoms with van der Waals surface area (Å²) in [5, 5.41) is 11.3. The van der Waals surface area contributed by atoms with Crippen molar-refractivity contribution in [1.29, 1.82) is 0 Å². The predicted octanol–water partition coefficient (Wildman–Crippen LogP) is 1.74. The van der Waals surface area contributed by atoms with Gasteiger partial charge in [0, 0.05) is 19.5 Å². The molecule has 7 heteroatoms. The molecule has 0 saturated heterocycles. The van der Waals surface area contributed by atoms with Gasteiger partial charge in [-0.3, -0.25) is 4.79 Å². The van der Waals surface area contributed by atoms with Crippen LogP contribution in [0.1, 0.15) is 12.5 Å². The lowest BCUT2D eigenvalue weighted by atomic mass is 10.1. The average Bonchev–Trinajstić information content (AvgIpc) is 2.21. The van der Waals surface area contributed by atoms with Crippen molar-refractivity contribution in [3.8, 4) is 0 Å². The van der Waals surface area contributed by atoms with Crippen LogP contribution in [0.3, 0.4) is 0 Å². The lowest BCUT2D eigenvalue weighted by Crippen LogP contribution is -2.41. The number of hydrogen-bond acceptors (Lipinski definition) is 3. The van der Waals surface area contributed by atoms with E-state index in [0.717, 1.165) is 10.0 Å². The monoisotopic (exact) mass is 364 g/mol. The van der Waals surface area contributed by atoms with E-state index in [9.17, 15) is 9.59 Å². The Hall–Kier alpha value is -0.950. The van der Waals surface area contributed by atoms with Crippen LogP contribution >= 0.6 is 31.9 Å². The van der Waals surface area contributed by atoms with Gasteiger partial charge in [0.25, 0.3) is 0 Å². The first-order chi connectivity index (χ1) is 7.90. The van der Waals surface area contributed by atoms with Gasteiger partial charge in [-0.25, -0.2) is 9.78 Å². The zero-order valence-corrected chi connectivity index (χ0v) is 12.1. The number of aromatic nitrogens is 1. The zero-order chi connectivity index (χ0) is 13.0. The van der Waals surface area contributed by atoms with E-state index in [2.05, 4.69) is 42.2 Å². The fourth-order valence-corrected chi connectivity index (χ4v) is 1.87. The van der Waals surface area contributed by atoms with Crippen LogP contribution in [-0.2, 0) is 16.0 Å². The molecule has 0 bridgehead atoms. The first kappa shape index (κ1) is 14.1. The number of rotatable bonds is 4. The number of amides is 1. The fourth-order valence-electron chi connectivity index (χ4n) is 1.25. The Labute approximate surface area is 115 Å². The highest BCUT2D eigenvalue weighted by atomic mass is 79.9. The topological polar surface area (TPSA) is 79.3 Å². The summed E-state index contributed by atoms with van der Waals surface area (Å²) < 4.78 is 1.38. The smallest absolute Gasteiger partial charge is 0.326 e. The molecule has 0 aromatic carbocycles. The largest absolute Gasteiger partial charge is 0.480 e. The van der Waals surface area contributed by atoms with E-state index in [1.54, 1.807) is 12.3 Å². The van der Waals surface area contributed by atoms with Gasteiger partial charge >= 0.3 is 5.97 Å². The third-order valence-electron chi connectivity index (χ3n) is 1.97. The molecule has 1 unspecified atom stereocenters. The van der Waals surface area contributed by atoms with Crippen molar-refractivity contribution in [1.82, 2.24) is 10.3 Å². The number of carbonyl (C=O) groups excluding carboxylic acids is 1. The maximum Gasteiger partial charge on any atom is 0.326 e. The number of halogens is 2. The molecule has 1 heterocycles. The van der Waals surface area contributed by atoms with Crippen molar-refractivity contribution >= 4 is 43.7 Å². The van der Waals surface area contributed by atoms with Gasteiger partial charge in [0.2, 0.25) is 5.91 Å². The Balaban J connectivity index is 2.82. The Morgan fingerprint density at radius 3 is 2.65 bits per heavy atom. The molecule has 0 fully saturated rings. The van der Waals surface area contributed by atoms with Crippen molar-refractivity contribution in [2.75, 3.05) is 0 Å². The maximum atomic E-state index is 10.9. The molecule has 0 aliphatic carbocycles. The standard InChI is InChI=1S/C10H10Br2N2O3/c1-5(15)14-8(10(16)17)3-6-2-7(11)9(12)13-4-6/h2,4,8H,3H2,1H3,(H,14,15)(H,16,17). The fraction of sp³-hybridized carbons (Fsp3) is 0.300. The average molecular weight is 366 g/mol. The normalized spacial score (nSPS) is 11.9. The molecular weight excluding hydrogens is 356 g/mol. The highest BCUT2D eigenvalue weighted by Gasteiger charge is 2.19. The van der Waals surface area contributed by atoms with E-state index in [0.29, 0.717) is 4.60 Å². The van der Waals surface area contributed by atoms with E-state index >= 15 is 0 Å². The van der Waals surface area contributed by atoms with Crippen molar-refractivity contribution in [2.24, 2.45) is 0 Å². The third kappa shape index (κ3) is 4.43. The molecule has 5 nitrogen and oxygen atoms in total. The molecular formula is C10H10Br2N2O3. The molecule has 0 saturated carbocycles. The zero-order valence-electron chi connectivity index (χ0n) is 8.91. The molecule has 0 spiro atoms. The highest BCUT2D eigenvalue weighted by molar-refractivity contribution is 9.13. The molecule has 1 rings (SSSR count). The van der Waals surface area contributed by atoms with Gasteiger partial charge in [0.05, 0.1) is 4.47 Å². The summed E-state index contributed by atoms with van der Waals surface area (Å²) in [6.07, 6.45) is 1.75. The first-order valence-corrected chi connectivity index (χ1v) is 6.28. The van der Waals surface area contributed by atoms with Crippen LogP contribution in [0.2, 0.25) is 0 Å². The number of nitrogens with zero attached hydrogens (tertiary/aromatic N) is 1. The predicted molar refractivity (Wildman–Crippen MR) is 68.6 cm³/mol. The first-order valence-electron chi connectivity index (χ1n) is 4.70. The molecule has 0 radical (unpaired) electrons. The van der Waals surface area contributed by atoms with E-state index < -0.39 is 12.0 Å². The lowest BCUT2D eigenvalue weighted by molar-refractivity contribution is -0.141. The Kier molecular flexibility index (Phi) is 5.07. The molecule has 1 aromatic heterocycles. The molecule has 0 aliphatic rings. The molecule has 92 valence electrons. The number of carboxylic acids is 1. The van der Waals surface area contributed by atoms with E-state index in [-0.39, 0.29) is 12.3 Å². The van der Waals surface area contributed by atoms with Gasteiger partial charge in [-0.1, -0.05) is 0 Å². The van der Waals surface area contributed by atoms with Crippen LogP contribution in [0.5, 0.6) is 0 Å². The van der Waals surface area contributed by atoms with Crippen molar-refractivity contribution in [3.63, 3.8) is 0 Å². The summed E-state index contributed by atoms with van der Waals surface area (Å²) in [4.78, 5) is 25.8. The van der Waals surface area contributed by atoms with Crippen molar-refractivity contribution in [2.45, 2.75) is 19.4 Å². The molecule has 17 heavy (non-hydrogen) atoms. The Morgan fingerprint density at radius 2 is 2.18 bits per heavy atom. The van der Waals surface area contributed by atoms with Crippen LogP contribution < -0.4 is 5.32 Å². The van der Waals surface area contributed by atoms with Gasteiger partial charge in [-0.15, -0.1) is 0 Å². The highest BCUT2D eigenvalue weighted by Crippen LogP contribution is 2.21. The second-order valence-corrected chi connectivity index (χ2v) is 5.02.